The molecule has 112 valence electrons. The Labute approximate surface area is 131 Å². The summed E-state index contributed by atoms with van der Waals surface area (Å²) in [6.07, 6.45) is 1.79. The van der Waals surface area contributed by atoms with E-state index in [0.29, 0.717) is 6.54 Å². The molecule has 1 amide bonds. The summed E-state index contributed by atoms with van der Waals surface area (Å²) in [7, 11) is 0. The number of halogens is 1. The van der Waals surface area contributed by atoms with Crippen LogP contribution in [-0.4, -0.2) is 10.9 Å². The molecule has 0 aliphatic heterocycles. The Kier molecular flexibility index (Phi) is 6.85. The van der Waals surface area contributed by atoms with E-state index >= 15 is 0 Å². The molecule has 0 fully saturated rings. The van der Waals surface area contributed by atoms with Crippen LogP contribution in [0.1, 0.15) is 31.1 Å². The maximum atomic E-state index is 11.1. The molecule has 0 aliphatic carbocycles. The second-order valence-corrected chi connectivity index (χ2v) is 4.73. The van der Waals surface area contributed by atoms with Gasteiger partial charge in [0.15, 0.2) is 0 Å². The predicted octanol–water partition coefficient (Wildman–Crippen LogP) is 3.31. The van der Waals surface area contributed by atoms with Crippen LogP contribution in [0.4, 0.5) is 5.69 Å². The first-order valence-corrected chi connectivity index (χ1v) is 6.66. The van der Waals surface area contributed by atoms with Gasteiger partial charge in [-0.25, -0.2) is 0 Å². The zero-order chi connectivity index (χ0) is 14.4. The van der Waals surface area contributed by atoms with E-state index in [4.69, 9.17) is 0 Å². The van der Waals surface area contributed by atoms with Crippen LogP contribution in [0.3, 0.4) is 0 Å². The molecule has 0 bridgehead atoms. The van der Waals surface area contributed by atoms with Crippen LogP contribution >= 0.6 is 12.4 Å². The Morgan fingerprint density at radius 3 is 2.71 bits per heavy atom. The molecule has 5 heteroatoms. The number of benzene rings is 1. The smallest absolute Gasteiger partial charge is 0.221 e. The minimum Gasteiger partial charge on any atom is -0.326 e. The van der Waals surface area contributed by atoms with E-state index < -0.39 is 0 Å². The average molecular weight is 306 g/mol. The van der Waals surface area contributed by atoms with E-state index in [9.17, 15) is 4.79 Å². The van der Waals surface area contributed by atoms with Gasteiger partial charge in [-0.1, -0.05) is 18.2 Å². The van der Waals surface area contributed by atoms with Gasteiger partial charge in [0, 0.05) is 31.4 Å². The molecule has 1 aromatic heterocycles. The Hall–Kier alpha value is -1.91. The number of carbonyl (C=O) groups excluding carboxylic acids is 1. The summed E-state index contributed by atoms with van der Waals surface area (Å²) in [5, 5.41) is 6.22. The molecule has 1 atom stereocenters. The molecule has 2 rings (SSSR count). The molecule has 2 N–H and O–H groups in total. The van der Waals surface area contributed by atoms with Crippen molar-refractivity contribution in [2.45, 2.75) is 26.4 Å². The second-order valence-electron chi connectivity index (χ2n) is 4.73. The summed E-state index contributed by atoms with van der Waals surface area (Å²) in [5.41, 5.74) is 2.96. The maximum absolute atomic E-state index is 11.1. The molecule has 0 spiro atoms. The molecule has 21 heavy (non-hydrogen) atoms. The lowest BCUT2D eigenvalue weighted by molar-refractivity contribution is -0.114. The molecule has 0 saturated heterocycles. The largest absolute Gasteiger partial charge is 0.326 e. The summed E-state index contributed by atoms with van der Waals surface area (Å²) >= 11 is 0. The van der Waals surface area contributed by atoms with Crippen molar-refractivity contribution in [3.8, 4) is 0 Å². The minimum atomic E-state index is -0.0590. The molecule has 0 aliphatic rings. The van der Waals surface area contributed by atoms with Gasteiger partial charge in [-0.15, -0.1) is 12.4 Å². The van der Waals surface area contributed by atoms with Crippen LogP contribution in [0.2, 0.25) is 0 Å². The molecular formula is C16H20ClN3O. The number of nitrogens with one attached hydrogen (secondary N) is 2. The van der Waals surface area contributed by atoms with Crippen LogP contribution in [0.5, 0.6) is 0 Å². The third-order valence-electron chi connectivity index (χ3n) is 3.02. The van der Waals surface area contributed by atoms with Gasteiger partial charge >= 0.3 is 0 Å². The number of hydrogen-bond acceptors (Lipinski definition) is 3. The fraction of sp³-hybridized carbons (Fsp3) is 0.250. The zero-order valence-corrected chi connectivity index (χ0v) is 13.0. The summed E-state index contributed by atoms with van der Waals surface area (Å²) in [4.78, 5) is 15.4. The van der Waals surface area contributed by atoms with Gasteiger partial charge in [0.05, 0.1) is 5.69 Å². The monoisotopic (exact) mass is 305 g/mol. The second kappa shape index (κ2) is 8.39. The first-order chi connectivity index (χ1) is 9.65. The van der Waals surface area contributed by atoms with Crippen molar-refractivity contribution in [2.24, 2.45) is 0 Å². The van der Waals surface area contributed by atoms with Crippen molar-refractivity contribution in [1.29, 1.82) is 0 Å². The lowest BCUT2D eigenvalue weighted by atomic mass is 10.1. The molecule has 1 unspecified atom stereocenters. The Balaban J connectivity index is 0.00000220. The fourth-order valence-corrected chi connectivity index (χ4v) is 1.97. The van der Waals surface area contributed by atoms with E-state index in [1.807, 2.05) is 42.5 Å². The van der Waals surface area contributed by atoms with Gasteiger partial charge in [0.2, 0.25) is 5.91 Å². The highest BCUT2D eigenvalue weighted by atomic mass is 35.5. The van der Waals surface area contributed by atoms with E-state index in [1.165, 1.54) is 6.92 Å². The number of pyridine rings is 1. The highest BCUT2D eigenvalue weighted by Gasteiger charge is 2.06. The van der Waals surface area contributed by atoms with E-state index in [2.05, 4.69) is 22.5 Å². The van der Waals surface area contributed by atoms with Gasteiger partial charge in [-0.2, -0.15) is 0 Å². The first-order valence-electron chi connectivity index (χ1n) is 6.66. The minimum absolute atomic E-state index is 0. The predicted molar refractivity (Wildman–Crippen MR) is 87.5 cm³/mol. The molecular weight excluding hydrogens is 286 g/mol. The molecule has 2 aromatic rings. The molecule has 1 aromatic carbocycles. The Bertz CT molecular complexity index is 575. The summed E-state index contributed by atoms with van der Waals surface area (Å²) < 4.78 is 0. The van der Waals surface area contributed by atoms with Crippen molar-refractivity contribution in [2.75, 3.05) is 5.32 Å². The van der Waals surface area contributed by atoms with Crippen LogP contribution in [0, 0.1) is 0 Å². The Morgan fingerprint density at radius 2 is 2.05 bits per heavy atom. The standard InChI is InChI=1S/C16H19N3O.ClH/c1-12(18-11-16-7-3-4-9-17-16)14-6-5-8-15(10-14)19-13(2)20;/h3-10,12,18H,11H2,1-2H3,(H,19,20);1H. The normalized spacial score (nSPS) is 11.3. The van der Waals surface area contributed by atoms with E-state index in [0.717, 1.165) is 16.9 Å². The average Bonchev–Trinajstić information content (AvgIpc) is 2.45. The molecule has 1 heterocycles. The molecule has 4 nitrogen and oxygen atoms in total. The number of hydrogen-bond donors (Lipinski definition) is 2. The lowest BCUT2D eigenvalue weighted by Crippen LogP contribution is -2.19. The van der Waals surface area contributed by atoms with Crippen molar-refractivity contribution in [3.05, 3.63) is 59.9 Å². The molecule has 0 saturated carbocycles. The SMILES string of the molecule is CC(=O)Nc1cccc(C(C)NCc2ccccn2)c1.Cl. The quantitative estimate of drug-likeness (QED) is 0.891. The third-order valence-corrected chi connectivity index (χ3v) is 3.02. The Morgan fingerprint density at radius 1 is 1.24 bits per heavy atom. The number of carbonyl (C=O) groups is 1. The maximum Gasteiger partial charge on any atom is 0.221 e. The third kappa shape index (κ3) is 5.53. The lowest BCUT2D eigenvalue weighted by Gasteiger charge is -2.15. The first kappa shape index (κ1) is 17.1. The van der Waals surface area contributed by atoms with E-state index in [-0.39, 0.29) is 24.4 Å². The van der Waals surface area contributed by atoms with Crippen LogP contribution in [0.15, 0.2) is 48.7 Å². The topological polar surface area (TPSA) is 54.0 Å². The summed E-state index contributed by atoms with van der Waals surface area (Å²) in [5.74, 6) is -0.0590. The number of aromatic nitrogens is 1. The number of nitrogens with zero attached hydrogens (tertiary/aromatic N) is 1. The van der Waals surface area contributed by atoms with Crippen LogP contribution in [0.25, 0.3) is 0 Å². The number of rotatable bonds is 5. The highest BCUT2D eigenvalue weighted by molar-refractivity contribution is 5.88. The van der Waals surface area contributed by atoms with Crippen LogP contribution in [-0.2, 0) is 11.3 Å². The van der Waals surface area contributed by atoms with Gasteiger partial charge in [-0.3, -0.25) is 9.78 Å². The van der Waals surface area contributed by atoms with Gasteiger partial charge in [0.1, 0.15) is 0 Å². The van der Waals surface area contributed by atoms with Crippen molar-refractivity contribution in [1.82, 2.24) is 10.3 Å². The number of anilines is 1. The van der Waals surface area contributed by atoms with Crippen molar-refractivity contribution >= 4 is 24.0 Å². The summed E-state index contributed by atoms with van der Waals surface area (Å²) in [6.45, 7) is 4.32. The summed E-state index contributed by atoms with van der Waals surface area (Å²) in [6, 6.07) is 13.9. The van der Waals surface area contributed by atoms with Crippen LogP contribution < -0.4 is 10.6 Å². The molecule has 0 radical (unpaired) electrons. The van der Waals surface area contributed by atoms with Gasteiger partial charge in [0.25, 0.3) is 0 Å². The van der Waals surface area contributed by atoms with Gasteiger partial charge in [-0.05, 0) is 36.8 Å². The fourth-order valence-electron chi connectivity index (χ4n) is 1.97. The van der Waals surface area contributed by atoms with Crippen molar-refractivity contribution in [3.63, 3.8) is 0 Å². The van der Waals surface area contributed by atoms with E-state index in [1.54, 1.807) is 6.20 Å². The highest BCUT2D eigenvalue weighted by Crippen LogP contribution is 2.17. The number of amides is 1. The zero-order valence-electron chi connectivity index (χ0n) is 12.2. The van der Waals surface area contributed by atoms with Crippen molar-refractivity contribution < 1.29 is 4.79 Å². The van der Waals surface area contributed by atoms with Gasteiger partial charge < -0.3 is 10.6 Å².